The highest BCUT2D eigenvalue weighted by Crippen LogP contribution is 2.22. The Balaban J connectivity index is 2.02. The van der Waals surface area contributed by atoms with Crippen molar-refractivity contribution in [3.05, 3.63) is 52.9 Å². The predicted octanol–water partition coefficient (Wildman–Crippen LogP) is 3.11. The Bertz CT molecular complexity index is 553. The Morgan fingerprint density at radius 2 is 2.28 bits per heavy atom. The van der Waals surface area contributed by atoms with Gasteiger partial charge in [0.15, 0.2) is 0 Å². The van der Waals surface area contributed by atoms with Gasteiger partial charge < -0.3 is 4.42 Å². The molecule has 1 aromatic rings. The van der Waals surface area contributed by atoms with Crippen LogP contribution in [-0.2, 0) is 4.79 Å². The van der Waals surface area contributed by atoms with Gasteiger partial charge in [-0.05, 0) is 48.5 Å². The third kappa shape index (κ3) is 3.24. The topological polar surface area (TPSA) is 59.3 Å². The maximum Gasteiger partial charge on any atom is 0.290 e. The summed E-state index contributed by atoms with van der Waals surface area (Å²) in [6, 6.07) is 3.67. The van der Waals surface area contributed by atoms with Crippen molar-refractivity contribution in [2.24, 2.45) is 0 Å². The molecule has 0 atom stereocenters. The zero-order chi connectivity index (χ0) is 13.0. The number of carbonyl (C=O) groups excluding carboxylic acids is 2. The van der Waals surface area contributed by atoms with Crippen LogP contribution in [0.1, 0.15) is 12.7 Å². The Labute approximate surface area is 108 Å². The first-order chi connectivity index (χ1) is 8.65. The Hall–Kier alpha value is -2.01. The lowest BCUT2D eigenvalue weighted by atomic mass is 10.2. The molecule has 1 N–H and O–H groups in total. The minimum absolute atomic E-state index is 0.331. The molecule has 0 aliphatic carbocycles. The summed E-state index contributed by atoms with van der Waals surface area (Å²) in [7, 11) is 0. The van der Waals surface area contributed by atoms with Crippen LogP contribution in [0.3, 0.4) is 0 Å². The molecule has 1 saturated heterocycles. The molecule has 2 heterocycles. The predicted molar refractivity (Wildman–Crippen MR) is 70.7 cm³/mol. The summed E-state index contributed by atoms with van der Waals surface area (Å²) < 4.78 is 5.18. The lowest BCUT2D eigenvalue weighted by Crippen LogP contribution is -2.17. The summed E-state index contributed by atoms with van der Waals surface area (Å²) in [6.45, 7) is 1.92. The first-order valence-electron chi connectivity index (χ1n) is 5.28. The fourth-order valence-corrected chi connectivity index (χ4v) is 2.00. The summed E-state index contributed by atoms with van der Waals surface area (Å²) in [4.78, 5) is 22.6. The van der Waals surface area contributed by atoms with Crippen LogP contribution in [0.25, 0.3) is 6.08 Å². The Morgan fingerprint density at radius 3 is 2.89 bits per heavy atom. The van der Waals surface area contributed by atoms with Gasteiger partial charge in [0.05, 0.1) is 11.2 Å². The highest BCUT2D eigenvalue weighted by molar-refractivity contribution is 8.18. The lowest BCUT2D eigenvalue weighted by molar-refractivity contribution is -0.115. The van der Waals surface area contributed by atoms with Crippen molar-refractivity contribution < 1.29 is 14.0 Å². The highest BCUT2D eigenvalue weighted by atomic mass is 32.2. The first kappa shape index (κ1) is 12.4. The number of rotatable bonds is 3. The fraction of sp³-hybridized carbons (Fsp3) is 0.0769. The van der Waals surface area contributed by atoms with E-state index in [0.29, 0.717) is 4.91 Å². The molecule has 0 aromatic carbocycles. The molecule has 18 heavy (non-hydrogen) atoms. The number of allylic oxidation sites excluding steroid dienone is 4. The molecule has 2 amide bonds. The molecular weight excluding hydrogens is 250 g/mol. The molecule has 1 fully saturated rings. The van der Waals surface area contributed by atoms with Crippen molar-refractivity contribution in [1.82, 2.24) is 5.32 Å². The number of amides is 2. The van der Waals surface area contributed by atoms with E-state index in [0.717, 1.165) is 23.1 Å². The zero-order valence-electron chi connectivity index (χ0n) is 9.67. The number of carbonyl (C=O) groups is 2. The van der Waals surface area contributed by atoms with E-state index < -0.39 is 0 Å². The van der Waals surface area contributed by atoms with Crippen molar-refractivity contribution in [2.45, 2.75) is 6.92 Å². The van der Waals surface area contributed by atoms with Gasteiger partial charge in [0.25, 0.3) is 11.1 Å². The van der Waals surface area contributed by atoms with Gasteiger partial charge in [-0.3, -0.25) is 14.9 Å². The van der Waals surface area contributed by atoms with Crippen LogP contribution < -0.4 is 5.32 Å². The minimum Gasteiger partial charge on any atom is -0.465 e. The first-order valence-corrected chi connectivity index (χ1v) is 6.10. The van der Waals surface area contributed by atoms with Gasteiger partial charge in [0, 0.05) is 0 Å². The van der Waals surface area contributed by atoms with Crippen molar-refractivity contribution in [3.63, 3.8) is 0 Å². The smallest absolute Gasteiger partial charge is 0.290 e. The zero-order valence-corrected chi connectivity index (χ0v) is 10.5. The van der Waals surface area contributed by atoms with E-state index in [2.05, 4.69) is 5.32 Å². The fourth-order valence-electron chi connectivity index (χ4n) is 1.37. The van der Waals surface area contributed by atoms with Crippen molar-refractivity contribution in [2.75, 3.05) is 0 Å². The number of hydrogen-bond acceptors (Lipinski definition) is 4. The molecule has 0 spiro atoms. The van der Waals surface area contributed by atoms with Crippen LogP contribution in [-0.4, -0.2) is 11.1 Å². The van der Waals surface area contributed by atoms with Crippen molar-refractivity contribution in [3.8, 4) is 0 Å². The number of thioether (sulfide) groups is 1. The Kier molecular flexibility index (Phi) is 3.84. The SMILES string of the molecule is CC(C=CC=C1SC(=O)NC1=O)=Cc1ccco1. The van der Waals surface area contributed by atoms with Gasteiger partial charge in [-0.25, -0.2) is 0 Å². The molecule has 1 aliphatic heterocycles. The summed E-state index contributed by atoms with van der Waals surface area (Å²) >= 11 is 0.903. The molecule has 0 saturated carbocycles. The van der Waals surface area contributed by atoms with Crippen molar-refractivity contribution >= 4 is 29.0 Å². The van der Waals surface area contributed by atoms with Gasteiger partial charge >= 0.3 is 0 Å². The van der Waals surface area contributed by atoms with Crippen LogP contribution in [0, 0.1) is 0 Å². The largest absolute Gasteiger partial charge is 0.465 e. The molecule has 4 nitrogen and oxygen atoms in total. The average molecular weight is 261 g/mol. The minimum atomic E-state index is -0.345. The van der Waals surface area contributed by atoms with Crippen LogP contribution in [0.2, 0.25) is 0 Å². The van der Waals surface area contributed by atoms with Crippen LogP contribution in [0.4, 0.5) is 4.79 Å². The molecule has 92 valence electrons. The molecule has 5 heteroatoms. The van der Waals surface area contributed by atoms with Gasteiger partial charge in [0.2, 0.25) is 0 Å². The second-order valence-corrected chi connectivity index (χ2v) is 4.65. The van der Waals surface area contributed by atoms with E-state index in [1.807, 2.05) is 31.2 Å². The summed E-state index contributed by atoms with van der Waals surface area (Å²) in [6.07, 6.45) is 8.67. The van der Waals surface area contributed by atoms with E-state index >= 15 is 0 Å². The number of nitrogens with one attached hydrogen (secondary N) is 1. The maximum absolute atomic E-state index is 11.2. The Morgan fingerprint density at radius 1 is 1.44 bits per heavy atom. The summed E-state index contributed by atoms with van der Waals surface area (Å²) in [5.41, 5.74) is 0.983. The van der Waals surface area contributed by atoms with Gasteiger partial charge in [0.1, 0.15) is 5.76 Å². The average Bonchev–Trinajstić information content (AvgIpc) is 2.89. The number of hydrogen-bond donors (Lipinski definition) is 1. The number of imide groups is 1. The van der Waals surface area contributed by atoms with E-state index in [4.69, 9.17) is 4.42 Å². The third-order valence-electron chi connectivity index (χ3n) is 2.16. The molecule has 2 rings (SSSR count). The quantitative estimate of drug-likeness (QED) is 0.671. The monoisotopic (exact) mass is 261 g/mol. The second kappa shape index (κ2) is 5.55. The van der Waals surface area contributed by atoms with Crippen molar-refractivity contribution in [1.29, 1.82) is 0 Å². The van der Waals surface area contributed by atoms with E-state index in [-0.39, 0.29) is 11.1 Å². The maximum atomic E-state index is 11.2. The third-order valence-corrected chi connectivity index (χ3v) is 2.99. The van der Waals surface area contributed by atoms with Crippen LogP contribution in [0.15, 0.2) is 51.5 Å². The van der Waals surface area contributed by atoms with Gasteiger partial charge in [-0.15, -0.1) is 0 Å². The molecule has 0 radical (unpaired) electrons. The standard InChI is InChI=1S/C13H11NO3S/c1-9(8-10-5-3-7-17-10)4-2-6-11-12(15)14-13(16)18-11/h2-8H,1H3,(H,14,15,16). The molecular formula is C13H11NO3S. The molecule has 0 bridgehead atoms. The van der Waals surface area contributed by atoms with Gasteiger partial charge in [-0.2, -0.15) is 0 Å². The van der Waals surface area contributed by atoms with E-state index in [1.165, 1.54) is 0 Å². The lowest BCUT2D eigenvalue weighted by Gasteiger charge is -1.90. The normalized spacial score (nSPS) is 18.9. The number of furan rings is 1. The van der Waals surface area contributed by atoms with Crippen LogP contribution >= 0.6 is 11.8 Å². The summed E-state index contributed by atoms with van der Waals surface area (Å²) in [5.74, 6) is 0.426. The van der Waals surface area contributed by atoms with E-state index in [9.17, 15) is 9.59 Å². The van der Waals surface area contributed by atoms with E-state index in [1.54, 1.807) is 18.4 Å². The molecule has 0 unspecified atom stereocenters. The summed E-state index contributed by atoms with van der Waals surface area (Å²) in [5, 5.41) is 1.86. The van der Waals surface area contributed by atoms with Gasteiger partial charge in [-0.1, -0.05) is 12.2 Å². The molecule has 1 aromatic heterocycles. The second-order valence-electron chi connectivity index (χ2n) is 3.64. The highest BCUT2D eigenvalue weighted by Gasteiger charge is 2.24. The van der Waals surface area contributed by atoms with Crippen LogP contribution in [0.5, 0.6) is 0 Å². The molecule has 1 aliphatic rings.